The molecule has 2 rings (SSSR count). The maximum Gasteiger partial charge on any atom is 0.214 e. The molecule has 2 aromatic rings. The average Bonchev–Trinajstić information content (AvgIpc) is 2.38. The molecule has 5 heteroatoms. The van der Waals surface area contributed by atoms with Crippen molar-refractivity contribution in [3.05, 3.63) is 42.1 Å². The highest BCUT2D eigenvalue weighted by molar-refractivity contribution is 5.45. The van der Waals surface area contributed by atoms with Crippen LogP contribution in [0.5, 0.6) is 5.88 Å². The minimum atomic E-state index is 0.588. The second-order valence-electron chi connectivity index (χ2n) is 3.59. The monoisotopic (exact) mass is 230 g/mol. The molecule has 88 valence electrons. The summed E-state index contributed by atoms with van der Waals surface area (Å²) < 4.78 is 5.04. The van der Waals surface area contributed by atoms with Crippen LogP contribution in [0.4, 0.5) is 5.69 Å². The first-order valence-corrected chi connectivity index (χ1v) is 5.29. The van der Waals surface area contributed by atoms with E-state index < -0.39 is 0 Å². The molecule has 0 amide bonds. The molecule has 2 heterocycles. The Morgan fingerprint density at radius 1 is 1.24 bits per heavy atom. The number of ether oxygens (including phenoxy) is 1. The predicted molar refractivity (Wildman–Crippen MR) is 64.9 cm³/mol. The lowest BCUT2D eigenvalue weighted by Crippen LogP contribution is -2.03. The molecule has 0 radical (unpaired) electrons. The van der Waals surface area contributed by atoms with Crippen molar-refractivity contribution in [2.45, 2.75) is 13.5 Å². The van der Waals surface area contributed by atoms with Gasteiger partial charge < -0.3 is 10.1 Å². The van der Waals surface area contributed by atoms with Crippen molar-refractivity contribution in [3.8, 4) is 5.88 Å². The Hall–Kier alpha value is -2.17. The van der Waals surface area contributed by atoms with Gasteiger partial charge in [0.15, 0.2) is 0 Å². The lowest BCUT2D eigenvalue weighted by molar-refractivity contribution is 0.398. The van der Waals surface area contributed by atoms with E-state index in [0.29, 0.717) is 12.4 Å². The van der Waals surface area contributed by atoms with Crippen LogP contribution in [0.25, 0.3) is 0 Å². The van der Waals surface area contributed by atoms with Crippen molar-refractivity contribution in [2.75, 3.05) is 12.4 Å². The van der Waals surface area contributed by atoms with Crippen molar-refractivity contribution in [2.24, 2.45) is 0 Å². The van der Waals surface area contributed by atoms with Crippen LogP contribution in [0.1, 0.15) is 11.4 Å². The Morgan fingerprint density at radius 3 is 2.82 bits per heavy atom. The van der Waals surface area contributed by atoms with E-state index in [1.807, 2.05) is 19.1 Å². The van der Waals surface area contributed by atoms with Crippen molar-refractivity contribution in [1.82, 2.24) is 15.0 Å². The van der Waals surface area contributed by atoms with E-state index in [2.05, 4.69) is 20.3 Å². The second kappa shape index (κ2) is 5.25. The Morgan fingerprint density at radius 2 is 2.12 bits per heavy atom. The zero-order valence-corrected chi connectivity index (χ0v) is 9.84. The topological polar surface area (TPSA) is 59.9 Å². The number of aromatic nitrogens is 3. The molecule has 17 heavy (non-hydrogen) atoms. The van der Waals surface area contributed by atoms with Gasteiger partial charge in [0.25, 0.3) is 0 Å². The second-order valence-corrected chi connectivity index (χ2v) is 3.59. The lowest BCUT2D eigenvalue weighted by atomic mass is 10.3. The minimum absolute atomic E-state index is 0.588. The van der Waals surface area contributed by atoms with Crippen LogP contribution in [0, 0.1) is 6.92 Å². The van der Waals surface area contributed by atoms with Crippen LogP contribution in [0.2, 0.25) is 0 Å². The molecule has 0 aliphatic carbocycles. The largest absolute Gasteiger partial charge is 0.481 e. The zero-order valence-electron chi connectivity index (χ0n) is 9.84. The van der Waals surface area contributed by atoms with Gasteiger partial charge >= 0.3 is 0 Å². The van der Waals surface area contributed by atoms with Gasteiger partial charge in [-0.2, -0.15) is 0 Å². The van der Waals surface area contributed by atoms with Gasteiger partial charge in [-0.25, -0.2) is 4.98 Å². The van der Waals surface area contributed by atoms with Crippen molar-refractivity contribution >= 4 is 5.69 Å². The third kappa shape index (κ3) is 3.14. The number of hydrogen-bond acceptors (Lipinski definition) is 5. The van der Waals surface area contributed by atoms with Gasteiger partial charge in [0, 0.05) is 24.1 Å². The van der Waals surface area contributed by atoms with E-state index in [4.69, 9.17) is 4.74 Å². The molecule has 0 aliphatic heterocycles. The number of anilines is 1. The summed E-state index contributed by atoms with van der Waals surface area (Å²) >= 11 is 0. The molecule has 0 atom stereocenters. The predicted octanol–water partition coefficient (Wildman–Crippen LogP) is 1.80. The van der Waals surface area contributed by atoms with Crippen LogP contribution < -0.4 is 10.1 Å². The summed E-state index contributed by atoms with van der Waals surface area (Å²) in [6.45, 7) is 2.54. The number of rotatable bonds is 4. The molecule has 1 N–H and O–H groups in total. The van der Waals surface area contributed by atoms with Gasteiger partial charge in [-0.15, -0.1) is 0 Å². The SMILES string of the molecule is COc1cc(NCc2cnc(C)cn2)ccn1. The van der Waals surface area contributed by atoms with Crippen molar-refractivity contribution < 1.29 is 4.74 Å². The third-order valence-electron chi connectivity index (χ3n) is 2.25. The third-order valence-corrected chi connectivity index (χ3v) is 2.25. The van der Waals surface area contributed by atoms with Crippen molar-refractivity contribution in [3.63, 3.8) is 0 Å². The van der Waals surface area contributed by atoms with Gasteiger partial charge in [0.2, 0.25) is 5.88 Å². The van der Waals surface area contributed by atoms with Crippen LogP contribution in [0.15, 0.2) is 30.7 Å². The first-order valence-electron chi connectivity index (χ1n) is 5.29. The number of pyridine rings is 1. The molecule has 0 unspecified atom stereocenters. The highest BCUT2D eigenvalue weighted by Crippen LogP contribution is 2.13. The fourth-order valence-corrected chi connectivity index (χ4v) is 1.33. The minimum Gasteiger partial charge on any atom is -0.481 e. The Bertz CT molecular complexity index is 484. The molecule has 0 saturated heterocycles. The molecule has 0 saturated carbocycles. The van der Waals surface area contributed by atoms with E-state index in [1.54, 1.807) is 25.7 Å². The molecule has 0 aliphatic rings. The summed E-state index contributed by atoms with van der Waals surface area (Å²) in [5.41, 5.74) is 2.75. The van der Waals surface area contributed by atoms with E-state index in [1.165, 1.54) is 0 Å². The highest BCUT2D eigenvalue weighted by Gasteiger charge is 1.98. The average molecular weight is 230 g/mol. The molecule has 0 bridgehead atoms. The van der Waals surface area contributed by atoms with Crippen LogP contribution >= 0.6 is 0 Å². The summed E-state index contributed by atoms with van der Waals surface area (Å²) in [5, 5.41) is 3.23. The summed E-state index contributed by atoms with van der Waals surface area (Å²) in [4.78, 5) is 12.5. The fraction of sp³-hybridized carbons (Fsp3) is 0.250. The van der Waals surface area contributed by atoms with Crippen LogP contribution in [0.3, 0.4) is 0 Å². The van der Waals surface area contributed by atoms with Crippen molar-refractivity contribution in [1.29, 1.82) is 0 Å². The first-order chi connectivity index (χ1) is 8.28. The molecule has 0 spiro atoms. The normalized spacial score (nSPS) is 10.0. The lowest BCUT2D eigenvalue weighted by Gasteiger charge is -2.06. The highest BCUT2D eigenvalue weighted by atomic mass is 16.5. The fourth-order valence-electron chi connectivity index (χ4n) is 1.33. The van der Waals surface area contributed by atoms with Gasteiger partial charge in [-0.05, 0) is 13.0 Å². The molecule has 2 aromatic heterocycles. The number of nitrogens with zero attached hydrogens (tertiary/aromatic N) is 3. The number of methoxy groups -OCH3 is 1. The number of nitrogens with one attached hydrogen (secondary N) is 1. The maximum absolute atomic E-state index is 5.04. The summed E-state index contributed by atoms with van der Waals surface area (Å²) in [7, 11) is 1.59. The maximum atomic E-state index is 5.04. The standard InChI is InChI=1S/C12H14N4O/c1-9-6-15-11(7-14-9)8-16-10-3-4-13-12(5-10)17-2/h3-7H,8H2,1-2H3,(H,13,16). The van der Waals surface area contributed by atoms with Gasteiger partial charge in [0.05, 0.1) is 31.2 Å². The quantitative estimate of drug-likeness (QED) is 0.867. The molecule has 0 aromatic carbocycles. The van der Waals surface area contributed by atoms with Crippen LogP contribution in [-0.2, 0) is 6.54 Å². The van der Waals surface area contributed by atoms with Gasteiger partial charge in [0.1, 0.15) is 0 Å². The molecular weight excluding hydrogens is 216 g/mol. The Labute approximate surface area is 99.9 Å². The summed E-state index contributed by atoms with van der Waals surface area (Å²) in [6.07, 6.45) is 5.22. The summed E-state index contributed by atoms with van der Waals surface area (Å²) in [6, 6.07) is 3.71. The number of hydrogen-bond donors (Lipinski definition) is 1. The first kappa shape index (κ1) is 11.3. The Balaban J connectivity index is 1.99. The van der Waals surface area contributed by atoms with E-state index in [0.717, 1.165) is 17.1 Å². The van der Waals surface area contributed by atoms with Crippen LogP contribution in [-0.4, -0.2) is 22.1 Å². The number of aryl methyl sites for hydroxylation is 1. The van der Waals surface area contributed by atoms with Gasteiger partial charge in [-0.3, -0.25) is 9.97 Å². The molecular formula is C12H14N4O. The smallest absolute Gasteiger partial charge is 0.214 e. The summed E-state index contributed by atoms with van der Waals surface area (Å²) in [5.74, 6) is 0.588. The van der Waals surface area contributed by atoms with Gasteiger partial charge in [-0.1, -0.05) is 0 Å². The van der Waals surface area contributed by atoms with E-state index >= 15 is 0 Å². The van der Waals surface area contributed by atoms with E-state index in [-0.39, 0.29) is 0 Å². The molecule has 0 fully saturated rings. The Kier molecular flexibility index (Phi) is 3.49. The van der Waals surface area contributed by atoms with E-state index in [9.17, 15) is 0 Å². The zero-order chi connectivity index (χ0) is 12.1. The molecule has 5 nitrogen and oxygen atoms in total.